The van der Waals surface area contributed by atoms with Gasteiger partial charge in [-0.2, -0.15) is 0 Å². The van der Waals surface area contributed by atoms with Gasteiger partial charge in [0.15, 0.2) is 0 Å². The molecule has 2 heterocycles. The highest BCUT2D eigenvalue weighted by Crippen LogP contribution is 2.25. The molecule has 0 unspecified atom stereocenters. The maximum atomic E-state index is 10.9. The van der Waals surface area contributed by atoms with E-state index in [4.69, 9.17) is 5.11 Å². The molecule has 1 fully saturated rings. The molecular formula is C16H25N3O2. The van der Waals surface area contributed by atoms with Crippen molar-refractivity contribution >= 4 is 5.97 Å². The van der Waals surface area contributed by atoms with E-state index in [0.29, 0.717) is 12.0 Å². The maximum Gasteiger partial charge on any atom is 0.303 e. The molecule has 1 aromatic heterocycles. The summed E-state index contributed by atoms with van der Waals surface area (Å²) in [5.41, 5.74) is 1.27. The Balaban J connectivity index is 1.95. The van der Waals surface area contributed by atoms with Crippen molar-refractivity contribution < 1.29 is 9.90 Å². The lowest BCUT2D eigenvalue weighted by Gasteiger charge is -2.41. The van der Waals surface area contributed by atoms with E-state index in [0.717, 1.165) is 32.5 Å². The fourth-order valence-electron chi connectivity index (χ4n) is 3.26. The van der Waals surface area contributed by atoms with Crippen molar-refractivity contribution in [3.8, 4) is 0 Å². The zero-order valence-corrected chi connectivity index (χ0v) is 12.9. The number of carbonyl (C=O) groups is 1. The van der Waals surface area contributed by atoms with Crippen LogP contribution in [0.15, 0.2) is 24.5 Å². The summed E-state index contributed by atoms with van der Waals surface area (Å²) in [6.45, 7) is 2.96. The van der Waals surface area contributed by atoms with Crippen LogP contribution in [-0.2, 0) is 11.3 Å². The minimum atomic E-state index is -0.696. The zero-order chi connectivity index (χ0) is 15.2. The Bertz CT molecular complexity index is 450. The molecule has 0 aliphatic carbocycles. The van der Waals surface area contributed by atoms with E-state index in [2.05, 4.69) is 28.9 Å². The number of likely N-dealkylation sites (tertiary alicyclic amines) is 1. The lowest BCUT2D eigenvalue weighted by atomic mass is 9.87. The predicted molar refractivity (Wildman–Crippen MR) is 82.0 cm³/mol. The second-order valence-corrected chi connectivity index (χ2v) is 6.10. The number of hydrogen-bond acceptors (Lipinski definition) is 4. The maximum absolute atomic E-state index is 10.9. The first-order valence-corrected chi connectivity index (χ1v) is 7.55. The third-order valence-electron chi connectivity index (χ3n) is 4.33. The summed E-state index contributed by atoms with van der Waals surface area (Å²) < 4.78 is 0. The second kappa shape index (κ2) is 7.52. The number of piperidine rings is 1. The van der Waals surface area contributed by atoms with Gasteiger partial charge in [0, 0.05) is 37.9 Å². The van der Waals surface area contributed by atoms with Crippen molar-refractivity contribution in [3.63, 3.8) is 0 Å². The normalized spacial score (nSPS) is 23.4. The average Bonchev–Trinajstić information content (AvgIpc) is 2.46. The molecule has 1 saturated heterocycles. The van der Waals surface area contributed by atoms with Gasteiger partial charge in [0.25, 0.3) is 0 Å². The Morgan fingerprint density at radius 3 is 2.76 bits per heavy atom. The largest absolute Gasteiger partial charge is 0.481 e. The molecule has 0 spiro atoms. The van der Waals surface area contributed by atoms with Crippen LogP contribution in [0.3, 0.4) is 0 Å². The van der Waals surface area contributed by atoms with E-state index in [-0.39, 0.29) is 6.42 Å². The van der Waals surface area contributed by atoms with Crippen LogP contribution in [0.5, 0.6) is 0 Å². The van der Waals surface area contributed by atoms with Crippen LogP contribution in [0.4, 0.5) is 0 Å². The van der Waals surface area contributed by atoms with Crippen molar-refractivity contribution in [1.29, 1.82) is 0 Å². The van der Waals surface area contributed by atoms with Gasteiger partial charge < -0.3 is 10.0 Å². The van der Waals surface area contributed by atoms with Gasteiger partial charge in [-0.05, 0) is 57.1 Å². The number of carboxylic acid groups (broad SMARTS) is 1. The van der Waals surface area contributed by atoms with Crippen molar-refractivity contribution in [2.45, 2.75) is 31.8 Å². The number of carboxylic acids is 1. The molecule has 5 heteroatoms. The molecule has 0 bridgehead atoms. The molecule has 2 rings (SSSR count). The van der Waals surface area contributed by atoms with Crippen molar-refractivity contribution in [2.24, 2.45) is 5.92 Å². The lowest BCUT2D eigenvalue weighted by molar-refractivity contribution is -0.137. The second-order valence-electron chi connectivity index (χ2n) is 6.10. The predicted octanol–water partition coefficient (Wildman–Crippen LogP) is 1.70. The minimum Gasteiger partial charge on any atom is -0.481 e. The van der Waals surface area contributed by atoms with E-state index < -0.39 is 5.97 Å². The number of hydrogen-bond donors (Lipinski definition) is 1. The quantitative estimate of drug-likeness (QED) is 0.864. The molecule has 0 radical (unpaired) electrons. The summed E-state index contributed by atoms with van der Waals surface area (Å²) >= 11 is 0. The van der Waals surface area contributed by atoms with E-state index in [1.54, 1.807) is 0 Å². The SMILES string of the molecule is CN(C)[C@@H]1CCN(Cc2ccncc2)C[C@@H]1CCC(=O)O. The van der Waals surface area contributed by atoms with Crippen LogP contribution < -0.4 is 0 Å². The topological polar surface area (TPSA) is 56.7 Å². The van der Waals surface area contributed by atoms with E-state index in [1.165, 1.54) is 5.56 Å². The third-order valence-corrected chi connectivity index (χ3v) is 4.33. The summed E-state index contributed by atoms with van der Waals surface area (Å²) in [6, 6.07) is 4.58. The monoisotopic (exact) mass is 291 g/mol. The summed E-state index contributed by atoms with van der Waals surface area (Å²) in [5, 5.41) is 8.94. The van der Waals surface area contributed by atoms with E-state index in [9.17, 15) is 4.79 Å². The first-order valence-electron chi connectivity index (χ1n) is 7.55. The molecule has 2 atom stereocenters. The van der Waals surface area contributed by atoms with Crippen LogP contribution >= 0.6 is 0 Å². The highest BCUT2D eigenvalue weighted by Gasteiger charge is 2.30. The first kappa shape index (κ1) is 15.9. The standard InChI is InChI=1S/C16H25N3O2/c1-18(2)15-7-10-19(11-13-5-8-17-9-6-13)12-14(15)3-4-16(20)21/h5-6,8-9,14-15H,3-4,7,10-12H2,1-2H3,(H,20,21)/t14-,15+/m0/s1. The Hall–Kier alpha value is -1.46. The third kappa shape index (κ3) is 4.79. The van der Waals surface area contributed by atoms with Crippen LogP contribution in [-0.4, -0.2) is 59.1 Å². The fraction of sp³-hybridized carbons (Fsp3) is 0.625. The number of aromatic nitrogens is 1. The van der Waals surface area contributed by atoms with Gasteiger partial charge in [-0.1, -0.05) is 0 Å². The van der Waals surface area contributed by atoms with Crippen LogP contribution in [0.25, 0.3) is 0 Å². The van der Waals surface area contributed by atoms with Gasteiger partial charge in [0.1, 0.15) is 0 Å². The first-order chi connectivity index (χ1) is 10.1. The van der Waals surface area contributed by atoms with Crippen molar-refractivity contribution in [1.82, 2.24) is 14.8 Å². The van der Waals surface area contributed by atoms with E-state index in [1.807, 2.05) is 24.5 Å². The molecule has 1 aliphatic heterocycles. The molecule has 0 aromatic carbocycles. The molecule has 1 N–H and O–H groups in total. The van der Waals surface area contributed by atoms with Crippen LogP contribution in [0.1, 0.15) is 24.8 Å². The van der Waals surface area contributed by atoms with Gasteiger partial charge >= 0.3 is 5.97 Å². The minimum absolute atomic E-state index is 0.262. The smallest absolute Gasteiger partial charge is 0.303 e. The number of nitrogens with zero attached hydrogens (tertiary/aromatic N) is 3. The molecule has 1 aliphatic rings. The molecule has 5 nitrogen and oxygen atoms in total. The zero-order valence-electron chi connectivity index (χ0n) is 12.9. The molecule has 0 saturated carbocycles. The summed E-state index contributed by atoms with van der Waals surface area (Å²) in [4.78, 5) is 19.6. The lowest BCUT2D eigenvalue weighted by Crippen LogP contribution is -2.48. The highest BCUT2D eigenvalue weighted by molar-refractivity contribution is 5.66. The van der Waals surface area contributed by atoms with Gasteiger partial charge in [-0.15, -0.1) is 0 Å². The number of rotatable bonds is 6. The number of aliphatic carboxylic acids is 1. The van der Waals surface area contributed by atoms with Crippen molar-refractivity contribution in [2.75, 3.05) is 27.2 Å². The molecule has 116 valence electrons. The Kier molecular flexibility index (Phi) is 5.70. The van der Waals surface area contributed by atoms with E-state index >= 15 is 0 Å². The van der Waals surface area contributed by atoms with Gasteiger partial charge in [-0.3, -0.25) is 14.7 Å². The van der Waals surface area contributed by atoms with Gasteiger partial charge in [-0.25, -0.2) is 0 Å². The van der Waals surface area contributed by atoms with Gasteiger partial charge in [0.2, 0.25) is 0 Å². The Morgan fingerprint density at radius 2 is 2.14 bits per heavy atom. The van der Waals surface area contributed by atoms with Crippen LogP contribution in [0, 0.1) is 5.92 Å². The average molecular weight is 291 g/mol. The van der Waals surface area contributed by atoms with Gasteiger partial charge in [0.05, 0.1) is 0 Å². The Morgan fingerprint density at radius 1 is 1.43 bits per heavy atom. The molecular weight excluding hydrogens is 266 g/mol. The summed E-state index contributed by atoms with van der Waals surface area (Å²) in [5.74, 6) is -0.273. The molecule has 0 amide bonds. The number of pyridine rings is 1. The Labute approximate surface area is 126 Å². The fourth-order valence-corrected chi connectivity index (χ4v) is 3.26. The molecule has 1 aromatic rings. The van der Waals surface area contributed by atoms with Crippen LogP contribution in [0.2, 0.25) is 0 Å². The highest BCUT2D eigenvalue weighted by atomic mass is 16.4. The molecule has 21 heavy (non-hydrogen) atoms. The summed E-state index contributed by atoms with van der Waals surface area (Å²) in [6.07, 6.45) is 5.76. The van der Waals surface area contributed by atoms with Crippen molar-refractivity contribution in [3.05, 3.63) is 30.1 Å². The summed E-state index contributed by atoms with van der Waals surface area (Å²) in [7, 11) is 4.19.